The summed E-state index contributed by atoms with van der Waals surface area (Å²) in [5.74, 6) is 0. The van der Waals surface area contributed by atoms with E-state index in [1.54, 1.807) is 0 Å². The molecule has 0 heterocycles. The van der Waals surface area contributed by atoms with E-state index in [9.17, 15) is 0 Å². The van der Waals surface area contributed by atoms with Gasteiger partial charge in [0, 0.05) is 0 Å². The van der Waals surface area contributed by atoms with Gasteiger partial charge in [-0.1, -0.05) is 96.1 Å². The Morgan fingerprint density at radius 3 is 1.28 bits per heavy atom. The van der Waals surface area contributed by atoms with E-state index in [1.165, 1.54) is 55.6 Å². The third-order valence-corrected chi connectivity index (χ3v) is 6.55. The van der Waals surface area contributed by atoms with Crippen molar-refractivity contribution in [3.8, 4) is 11.1 Å². The van der Waals surface area contributed by atoms with Crippen molar-refractivity contribution in [3.05, 3.63) is 129 Å². The minimum absolute atomic E-state index is 0.289. The van der Waals surface area contributed by atoms with Crippen molar-refractivity contribution in [3.63, 3.8) is 0 Å². The zero-order chi connectivity index (χ0) is 20.2. The van der Waals surface area contributed by atoms with E-state index in [-0.39, 0.29) is 5.41 Å². The molecule has 0 saturated carbocycles. The lowest BCUT2D eigenvalue weighted by Gasteiger charge is -2.36. The van der Waals surface area contributed by atoms with Gasteiger partial charge in [0.2, 0.25) is 0 Å². The van der Waals surface area contributed by atoms with E-state index < -0.39 is 0 Å². The number of hydrogen-bond acceptors (Lipinski definition) is 0. The maximum Gasteiger partial charge on any atom is 0.0718 e. The van der Waals surface area contributed by atoms with Gasteiger partial charge < -0.3 is 0 Å². The molecule has 0 atom stereocenters. The summed E-state index contributed by atoms with van der Waals surface area (Å²) in [4.78, 5) is 0. The molecule has 29 heavy (non-hydrogen) atoms. The molecular weight excluding hydrogens is 348 g/mol. The van der Waals surface area contributed by atoms with Gasteiger partial charge in [0.15, 0.2) is 0 Å². The summed E-state index contributed by atoms with van der Waals surface area (Å²) in [5.41, 5.74) is 13.3. The van der Waals surface area contributed by atoms with Gasteiger partial charge in [-0.2, -0.15) is 0 Å². The van der Waals surface area contributed by atoms with Gasteiger partial charge in [-0.15, -0.1) is 0 Å². The van der Waals surface area contributed by atoms with E-state index in [4.69, 9.17) is 0 Å². The van der Waals surface area contributed by atoms with Crippen LogP contribution in [0.3, 0.4) is 0 Å². The molecule has 4 aromatic rings. The Balaban J connectivity index is 2.03. The Labute approximate surface area is 173 Å². The first-order valence-corrected chi connectivity index (χ1v) is 10.4. The summed E-state index contributed by atoms with van der Waals surface area (Å²) in [6, 6.07) is 31.8. The lowest BCUT2D eigenvalue weighted by Crippen LogP contribution is -2.30. The summed E-state index contributed by atoms with van der Waals surface area (Å²) in [5, 5.41) is 0. The summed E-state index contributed by atoms with van der Waals surface area (Å²) < 4.78 is 0. The van der Waals surface area contributed by atoms with Gasteiger partial charge >= 0.3 is 0 Å². The SMILES string of the molecule is Cc1ccc2c(c1)-c1cc(C)ccc1C2(c1ccccc1C)c1ccccc1C. The van der Waals surface area contributed by atoms with Crippen LogP contribution in [0, 0.1) is 27.7 Å². The molecule has 0 spiro atoms. The number of aryl methyl sites for hydroxylation is 4. The van der Waals surface area contributed by atoms with Crippen molar-refractivity contribution in [1.29, 1.82) is 0 Å². The summed E-state index contributed by atoms with van der Waals surface area (Å²) in [6.07, 6.45) is 0. The number of fused-ring (bicyclic) bond motifs is 3. The molecule has 1 aliphatic carbocycles. The molecule has 0 saturated heterocycles. The molecule has 0 radical (unpaired) electrons. The van der Waals surface area contributed by atoms with Crippen molar-refractivity contribution < 1.29 is 0 Å². The van der Waals surface area contributed by atoms with Crippen LogP contribution in [0.15, 0.2) is 84.9 Å². The highest BCUT2D eigenvalue weighted by atomic mass is 14.5. The quantitative estimate of drug-likeness (QED) is 0.304. The highest BCUT2D eigenvalue weighted by molar-refractivity contribution is 5.87. The Bertz CT molecular complexity index is 1140. The van der Waals surface area contributed by atoms with Gasteiger partial charge in [0.05, 0.1) is 5.41 Å². The Hall–Kier alpha value is -3.12. The lowest BCUT2D eigenvalue weighted by molar-refractivity contribution is 0.753. The predicted molar refractivity (Wildman–Crippen MR) is 123 cm³/mol. The molecule has 5 rings (SSSR count). The number of rotatable bonds is 2. The molecule has 1 aliphatic rings. The maximum absolute atomic E-state index is 2.37. The second-order valence-corrected chi connectivity index (χ2v) is 8.48. The third kappa shape index (κ3) is 2.45. The van der Waals surface area contributed by atoms with Crippen LogP contribution >= 0.6 is 0 Å². The van der Waals surface area contributed by atoms with Gasteiger partial charge in [0.25, 0.3) is 0 Å². The van der Waals surface area contributed by atoms with Gasteiger partial charge in [0.1, 0.15) is 0 Å². The summed E-state index contributed by atoms with van der Waals surface area (Å²) >= 11 is 0. The largest absolute Gasteiger partial charge is 0.0718 e. The Morgan fingerprint density at radius 1 is 0.448 bits per heavy atom. The average Bonchev–Trinajstić information content (AvgIpc) is 2.98. The van der Waals surface area contributed by atoms with Crippen LogP contribution in [-0.2, 0) is 5.41 Å². The third-order valence-electron chi connectivity index (χ3n) is 6.55. The molecular formula is C29H26. The van der Waals surface area contributed by atoms with E-state index in [1.807, 2.05) is 0 Å². The van der Waals surface area contributed by atoms with Crippen molar-refractivity contribution in [2.75, 3.05) is 0 Å². The first-order valence-electron chi connectivity index (χ1n) is 10.4. The number of hydrogen-bond donors (Lipinski definition) is 0. The molecule has 0 aliphatic heterocycles. The van der Waals surface area contributed by atoms with E-state index in [0.717, 1.165) is 0 Å². The van der Waals surface area contributed by atoms with E-state index in [0.29, 0.717) is 0 Å². The predicted octanol–water partition coefficient (Wildman–Crippen LogP) is 7.28. The molecule has 0 bridgehead atoms. The molecule has 0 heteroatoms. The molecule has 0 unspecified atom stereocenters. The smallest absolute Gasteiger partial charge is 0.0620 e. The minimum atomic E-state index is -0.289. The second-order valence-electron chi connectivity index (χ2n) is 8.48. The normalized spacial score (nSPS) is 13.8. The monoisotopic (exact) mass is 374 g/mol. The molecule has 0 fully saturated rings. The van der Waals surface area contributed by atoms with Crippen LogP contribution in [0.2, 0.25) is 0 Å². The molecule has 0 N–H and O–H groups in total. The van der Waals surface area contributed by atoms with E-state index in [2.05, 4.69) is 113 Å². The molecule has 0 nitrogen and oxygen atoms in total. The van der Waals surface area contributed by atoms with Gasteiger partial charge in [-0.3, -0.25) is 0 Å². The van der Waals surface area contributed by atoms with Crippen LogP contribution in [-0.4, -0.2) is 0 Å². The second kappa shape index (κ2) is 6.46. The van der Waals surface area contributed by atoms with Crippen LogP contribution in [0.5, 0.6) is 0 Å². The van der Waals surface area contributed by atoms with Crippen molar-refractivity contribution >= 4 is 0 Å². The zero-order valence-electron chi connectivity index (χ0n) is 17.6. The first kappa shape index (κ1) is 17.9. The fourth-order valence-electron chi connectivity index (χ4n) is 5.27. The van der Waals surface area contributed by atoms with Crippen LogP contribution in [0.25, 0.3) is 11.1 Å². The molecule has 4 aromatic carbocycles. The lowest BCUT2D eigenvalue weighted by atomic mass is 9.65. The van der Waals surface area contributed by atoms with Gasteiger partial charge in [-0.25, -0.2) is 0 Å². The maximum atomic E-state index is 2.37. The van der Waals surface area contributed by atoms with Crippen molar-refractivity contribution in [1.82, 2.24) is 0 Å². The zero-order valence-corrected chi connectivity index (χ0v) is 17.6. The Morgan fingerprint density at radius 2 is 0.862 bits per heavy atom. The first-order chi connectivity index (χ1) is 14.0. The van der Waals surface area contributed by atoms with Crippen LogP contribution in [0.1, 0.15) is 44.5 Å². The van der Waals surface area contributed by atoms with E-state index >= 15 is 0 Å². The average molecular weight is 375 g/mol. The van der Waals surface area contributed by atoms with Crippen molar-refractivity contribution in [2.24, 2.45) is 0 Å². The molecule has 142 valence electrons. The highest BCUT2D eigenvalue weighted by Crippen LogP contribution is 2.57. The topological polar surface area (TPSA) is 0 Å². The van der Waals surface area contributed by atoms with Gasteiger partial charge in [-0.05, 0) is 72.2 Å². The summed E-state index contributed by atoms with van der Waals surface area (Å²) in [7, 11) is 0. The summed E-state index contributed by atoms with van der Waals surface area (Å²) in [6.45, 7) is 8.87. The fourth-order valence-corrected chi connectivity index (χ4v) is 5.27. The van der Waals surface area contributed by atoms with Crippen LogP contribution < -0.4 is 0 Å². The molecule has 0 aromatic heterocycles. The standard InChI is InChI=1S/C29H26/c1-19-13-15-27-23(17-19)24-18-20(2)14-16-28(24)29(27,25-11-7-5-9-21(25)3)26-12-8-6-10-22(26)4/h5-18H,1-4H3. The van der Waals surface area contributed by atoms with Crippen LogP contribution in [0.4, 0.5) is 0 Å². The highest BCUT2D eigenvalue weighted by Gasteiger charge is 2.47. The minimum Gasteiger partial charge on any atom is -0.0620 e. The number of benzene rings is 4. The molecule has 0 amide bonds. The Kier molecular flexibility index (Phi) is 3.99. The fraction of sp³-hybridized carbons (Fsp3) is 0.172. The van der Waals surface area contributed by atoms with Crippen molar-refractivity contribution in [2.45, 2.75) is 33.1 Å².